The van der Waals surface area contributed by atoms with Gasteiger partial charge in [-0.2, -0.15) is 0 Å². The van der Waals surface area contributed by atoms with Gasteiger partial charge in [-0.15, -0.1) is 0 Å². The Morgan fingerprint density at radius 1 is 1.10 bits per heavy atom. The summed E-state index contributed by atoms with van der Waals surface area (Å²) in [5, 5.41) is 3.63. The number of hydrogen-bond donors (Lipinski definition) is 1. The summed E-state index contributed by atoms with van der Waals surface area (Å²) in [5.74, 6) is -0.553. The van der Waals surface area contributed by atoms with E-state index in [2.05, 4.69) is 22.0 Å². The van der Waals surface area contributed by atoms with Crippen molar-refractivity contribution in [2.45, 2.75) is 13.3 Å². The molecule has 2 aromatic carbocycles. The predicted octanol–water partition coefficient (Wildman–Crippen LogP) is 3.47. The van der Waals surface area contributed by atoms with Crippen LogP contribution >= 0.6 is 11.6 Å². The van der Waals surface area contributed by atoms with Gasteiger partial charge in [-0.3, -0.25) is 9.59 Å². The Bertz CT molecular complexity index is 913. The molecule has 1 atom stereocenters. The molecule has 0 aromatic heterocycles. The van der Waals surface area contributed by atoms with E-state index in [1.54, 1.807) is 11.0 Å². The number of benzene rings is 2. The highest BCUT2D eigenvalue weighted by molar-refractivity contribution is 6.31. The van der Waals surface area contributed by atoms with E-state index in [0.717, 1.165) is 44.1 Å². The molecule has 7 heteroatoms. The second-order valence-corrected chi connectivity index (χ2v) is 8.25. The average Bonchev–Trinajstić information content (AvgIpc) is 3.16. The summed E-state index contributed by atoms with van der Waals surface area (Å²) >= 11 is 6.23. The van der Waals surface area contributed by atoms with E-state index >= 15 is 0 Å². The summed E-state index contributed by atoms with van der Waals surface area (Å²) in [7, 11) is 0. The van der Waals surface area contributed by atoms with E-state index in [1.807, 2.05) is 42.5 Å². The number of hydrogen-bond acceptors (Lipinski definition) is 4. The first-order valence-electron chi connectivity index (χ1n) is 10.5. The quantitative estimate of drug-likeness (QED) is 0.795. The van der Waals surface area contributed by atoms with E-state index < -0.39 is 0 Å². The zero-order valence-electron chi connectivity index (χ0n) is 17.2. The fourth-order valence-electron chi connectivity index (χ4n) is 4.16. The first-order chi connectivity index (χ1) is 14.5. The van der Waals surface area contributed by atoms with Crippen molar-refractivity contribution in [3.05, 3.63) is 53.6 Å². The van der Waals surface area contributed by atoms with Crippen LogP contribution in [0, 0.1) is 5.92 Å². The van der Waals surface area contributed by atoms with Crippen LogP contribution in [0.4, 0.5) is 17.1 Å². The lowest BCUT2D eigenvalue weighted by molar-refractivity contribution is -0.122. The lowest BCUT2D eigenvalue weighted by atomic mass is 10.1. The molecule has 2 heterocycles. The highest BCUT2D eigenvalue weighted by Gasteiger charge is 2.35. The van der Waals surface area contributed by atoms with Crippen molar-refractivity contribution in [2.75, 3.05) is 54.4 Å². The Morgan fingerprint density at radius 2 is 1.83 bits per heavy atom. The summed E-state index contributed by atoms with van der Waals surface area (Å²) in [6.07, 6.45) is 0.214. The number of para-hydroxylation sites is 1. The van der Waals surface area contributed by atoms with Crippen LogP contribution in [-0.2, 0) is 9.59 Å². The number of rotatable bonds is 5. The van der Waals surface area contributed by atoms with Crippen molar-refractivity contribution in [3.8, 4) is 0 Å². The zero-order valence-corrected chi connectivity index (χ0v) is 17.9. The molecular weight excluding hydrogens is 400 g/mol. The largest absolute Gasteiger partial charge is 0.367 e. The van der Waals surface area contributed by atoms with Gasteiger partial charge >= 0.3 is 0 Å². The third-order valence-electron chi connectivity index (χ3n) is 5.94. The van der Waals surface area contributed by atoms with E-state index in [-0.39, 0.29) is 24.2 Å². The number of halogens is 1. The lowest BCUT2D eigenvalue weighted by Gasteiger charge is -2.36. The van der Waals surface area contributed by atoms with Crippen LogP contribution in [0.3, 0.4) is 0 Å². The first-order valence-corrected chi connectivity index (χ1v) is 10.9. The van der Waals surface area contributed by atoms with Crippen molar-refractivity contribution in [3.63, 3.8) is 0 Å². The fraction of sp³-hybridized carbons (Fsp3) is 0.391. The topological polar surface area (TPSA) is 55.9 Å². The maximum Gasteiger partial charge on any atom is 0.229 e. The number of carbonyl (C=O) groups is 2. The van der Waals surface area contributed by atoms with Crippen LogP contribution in [-0.4, -0.2) is 56.0 Å². The SMILES string of the molecule is CCN1CCN(c2ccc(Cl)cc2NC(=O)[C@@H]2CC(=O)N(c3ccccc3)C2)CC1. The molecule has 2 saturated heterocycles. The molecule has 0 bridgehead atoms. The van der Waals surface area contributed by atoms with Gasteiger partial charge in [-0.05, 0) is 36.9 Å². The van der Waals surface area contributed by atoms with Gasteiger partial charge in [0.2, 0.25) is 11.8 Å². The molecule has 30 heavy (non-hydrogen) atoms. The smallest absolute Gasteiger partial charge is 0.229 e. The molecule has 2 aliphatic rings. The molecule has 0 saturated carbocycles. The highest BCUT2D eigenvalue weighted by atomic mass is 35.5. The van der Waals surface area contributed by atoms with Crippen molar-refractivity contribution in [1.29, 1.82) is 0 Å². The number of likely N-dealkylation sites (N-methyl/N-ethyl adjacent to an activating group) is 1. The molecule has 2 aromatic rings. The van der Waals surface area contributed by atoms with E-state index in [1.165, 1.54) is 0 Å². The Kier molecular flexibility index (Phi) is 6.25. The summed E-state index contributed by atoms with van der Waals surface area (Å²) in [6.45, 7) is 7.41. The number of anilines is 3. The maximum absolute atomic E-state index is 13.0. The van der Waals surface area contributed by atoms with E-state index in [4.69, 9.17) is 11.6 Å². The molecule has 2 amide bonds. The molecule has 4 rings (SSSR count). The van der Waals surface area contributed by atoms with Gasteiger partial charge in [0.25, 0.3) is 0 Å². The van der Waals surface area contributed by atoms with Crippen LogP contribution in [0.1, 0.15) is 13.3 Å². The van der Waals surface area contributed by atoms with E-state index in [9.17, 15) is 9.59 Å². The third kappa shape index (κ3) is 4.45. The standard InChI is InChI=1S/C23H27ClN4O2/c1-2-26-10-12-27(13-11-26)21-9-8-18(24)15-20(21)25-23(30)17-14-22(29)28(16-17)19-6-4-3-5-7-19/h3-9,15,17H,2,10-14,16H2,1H3,(H,25,30)/t17-/m1/s1. The van der Waals surface area contributed by atoms with Gasteiger partial charge in [0.05, 0.1) is 17.3 Å². The second kappa shape index (κ2) is 9.06. The van der Waals surface area contributed by atoms with Crippen molar-refractivity contribution in [1.82, 2.24) is 4.90 Å². The number of amides is 2. The van der Waals surface area contributed by atoms with Gasteiger partial charge < -0.3 is 20.0 Å². The Hall–Kier alpha value is -2.57. The molecular formula is C23H27ClN4O2. The molecule has 2 fully saturated rings. The molecule has 0 aliphatic carbocycles. The molecule has 0 radical (unpaired) electrons. The number of piperazine rings is 1. The molecule has 0 spiro atoms. The summed E-state index contributed by atoms with van der Waals surface area (Å²) in [6, 6.07) is 15.1. The van der Waals surface area contributed by atoms with Crippen molar-refractivity contribution >= 4 is 40.5 Å². The van der Waals surface area contributed by atoms with E-state index in [0.29, 0.717) is 17.3 Å². The Labute approximate surface area is 182 Å². The summed E-state index contributed by atoms with van der Waals surface area (Å²) < 4.78 is 0. The number of nitrogens with zero attached hydrogens (tertiary/aromatic N) is 3. The second-order valence-electron chi connectivity index (χ2n) is 7.81. The maximum atomic E-state index is 13.0. The van der Waals surface area contributed by atoms with Crippen molar-refractivity contribution < 1.29 is 9.59 Å². The van der Waals surface area contributed by atoms with Crippen molar-refractivity contribution in [2.24, 2.45) is 5.92 Å². The van der Waals surface area contributed by atoms with Gasteiger partial charge in [-0.1, -0.05) is 36.7 Å². The summed E-state index contributed by atoms with van der Waals surface area (Å²) in [4.78, 5) is 31.9. The Balaban J connectivity index is 1.47. The highest BCUT2D eigenvalue weighted by Crippen LogP contribution is 2.32. The van der Waals surface area contributed by atoms with Crippen LogP contribution in [0.15, 0.2) is 48.5 Å². The molecule has 6 nitrogen and oxygen atoms in total. The lowest BCUT2D eigenvalue weighted by Crippen LogP contribution is -2.46. The van der Waals surface area contributed by atoms with Crippen LogP contribution < -0.4 is 15.1 Å². The normalized spacial score (nSPS) is 19.9. The summed E-state index contributed by atoms with van der Waals surface area (Å²) in [5.41, 5.74) is 2.52. The predicted molar refractivity (Wildman–Crippen MR) is 121 cm³/mol. The molecule has 0 unspecified atom stereocenters. The average molecular weight is 427 g/mol. The monoisotopic (exact) mass is 426 g/mol. The van der Waals surface area contributed by atoms with Gasteiger partial charge in [0.15, 0.2) is 0 Å². The van der Waals surface area contributed by atoms with Crippen LogP contribution in [0.5, 0.6) is 0 Å². The molecule has 158 valence electrons. The number of nitrogens with one attached hydrogen (secondary N) is 1. The number of carbonyl (C=O) groups excluding carboxylic acids is 2. The zero-order chi connectivity index (χ0) is 21.1. The first kappa shape index (κ1) is 20.7. The van der Waals surface area contributed by atoms with Crippen LogP contribution in [0.2, 0.25) is 5.02 Å². The van der Waals surface area contributed by atoms with Gasteiger partial charge in [0, 0.05) is 49.9 Å². The molecule has 1 N–H and O–H groups in total. The minimum atomic E-state index is -0.388. The van der Waals surface area contributed by atoms with Gasteiger partial charge in [0.1, 0.15) is 0 Å². The minimum Gasteiger partial charge on any atom is -0.367 e. The molecule has 2 aliphatic heterocycles. The van der Waals surface area contributed by atoms with Crippen LogP contribution in [0.25, 0.3) is 0 Å². The third-order valence-corrected chi connectivity index (χ3v) is 6.18. The van der Waals surface area contributed by atoms with Gasteiger partial charge in [-0.25, -0.2) is 0 Å². The fourth-order valence-corrected chi connectivity index (χ4v) is 4.34. The minimum absolute atomic E-state index is 0.0247. The Morgan fingerprint density at radius 3 is 2.53 bits per heavy atom.